The molecule has 2 N–H and O–H groups in total. The zero-order valence-corrected chi connectivity index (χ0v) is 17.0. The standard InChI is InChI=1S/C20H33N5O2/c1-13(2)11-15(19(26)21-3)22-20(27)17-16-12-24(4)9-10-25(16)18(23-17)14-7-5-6-8-14/h13-15H,5-12H2,1-4H3,(H,21,26)(H,22,27). The van der Waals surface area contributed by atoms with Gasteiger partial charge in [-0.3, -0.25) is 14.5 Å². The molecule has 0 saturated heterocycles. The molecule has 3 rings (SSSR count). The monoisotopic (exact) mass is 375 g/mol. The van der Waals surface area contributed by atoms with Gasteiger partial charge in [0.2, 0.25) is 5.91 Å². The number of hydrogen-bond donors (Lipinski definition) is 2. The first-order valence-corrected chi connectivity index (χ1v) is 10.2. The molecular weight excluding hydrogens is 342 g/mol. The lowest BCUT2D eigenvalue weighted by molar-refractivity contribution is -0.122. The van der Waals surface area contributed by atoms with Crippen molar-refractivity contribution in [3.63, 3.8) is 0 Å². The predicted molar refractivity (Wildman–Crippen MR) is 105 cm³/mol. The van der Waals surface area contributed by atoms with Crippen molar-refractivity contribution < 1.29 is 9.59 Å². The summed E-state index contributed by atoms with van der Waals surface area (Å²) >= 11 is 0. The first-order chi connectivity index (χ1) is 12.9. The number of carbonyl (C=O) groups excluding carboxylic acids is 2. The van der Waals surface area contributed by atoms with E-state index in [0.717, 1.165) is 44.0 Å². The van der Waals surface area contributed by atoms with Crippen LogP contribution in [0.15, 0.2) is 0 Å². The molecule has 0 spiro atoms. The average molecular weight is 376 g/mol. The molecule has 2 heterocycles. The number of fused-ring (bicyclic) bond motifs is 1. The maximum atomic E-state index is 13.1. The molecule has 7 heteroatoms. The van der Waals surface area contributed by atoms with Gasteiger partial charge in [0.25, 0.3) is 5.91 Å². The largest absolute Gasteiger partial charge is 0.357 e. The summed E-state index contributed by atoms with van der Waals surface area (Å²) in [6, 6.07) is -0.531. The third kappa shape index (κ3) is 4.34. The number of carbonyl (C=O) groups is 2. The van der Waals surface area contributed by atoms with Crippen molar-refractivity contribution in [2.45, 2.75) is 71.0 Å². The summed E-state index contributed by atoms with van der Waals surface area (Å²) in [7, 11) is 3.67. The Morgan fingerprint density at radius 3 is 2.56 bits per heavy atom. The molecule has 0 aromatic carbocycles. The minimum Gasteiger partial charge on any atom is -0.357 e. The van der Waals surface area contributed by atoms with E-state index in [1.165, 1.54) is 12.8 Å². The second kappa shape index (κ2) is 8.42. The van der Waals surface area contributed by atoms with Crippen LogP contribution in [-0.4, -0.2) is 52.9 Å². The summed E-state index contributed by atoms with van der Waals surface area (Å²) in [6.45, 7) is 6.67. The molecule has 1 saturated carbocycles. The lowest BCUT2D eigenvalue weighted by atomic mass is 10.0. The van der Waals surface area contributed by atoms with Crippen LogP contribution in [0.4, 0.5) is 0 Å². The normalized spacial score (nSPS) is 19.1. The Morgan fingerprint density at radius 2 is 1.93 bits per heavy atom. The fourth-order valence-electron chi connectivity index (χ4n) is 4.30. The number of aromatic nitrogens is 2. The number of nitrogens with one attached hydrogen (secondary N) is 2. The summed E-state index contributed by atoms with van der Waals surface area (Å²) in [5.41, 5.74) is 1.49. The Morgan fingerprint density at radius 1 is 1.22 bits per heavy atom. The van der Waals surface area contributed by atoms with Crippen molar-refractivity contribution in [3.05, 3.63) is 17.2 Å². The summed E-state index contributed by atoms with van der Waals surface area (Å²) in [6.07, 6.45) is 5.39. The van der Waals surface area contributed by atoms with Gasteiger partial charge in [0.05, 0.1) is 5.69 Å². The van der Waals surface area contributed by atoms with Gasteiger partial charge in [0, 0.05) is 32.6 Å². The van der Waals surface area contributed by atoms with Gasteiger partial charge in [-0.1, -0.05) is 26.7 Å². The molecule has 7 nitrogen and oxygen atoms in total. The van der Waals surface area contributed by atoms with E-state index in [-0.39, 0.29) is 11.8 Å². The zero-order chi connectivity index (χ0) is 19.6. The van der Waals surface area contributed by atoms with Gasteiger partial charge in [-0.05, 0) is 32.2 Å². The van der Waals surface area contributed by atoms with Crippen LogP contribution in [0.2, 0.25) is 0 Å². The lowest BCUT2D eigenvalue weighted by Crippen LogP contribution is -2.46. The first kappa shape index (κ1) is 19.9. The minimum absolute atomic E-state index is 0.154. The number of imidazole rings is 1. The van der Waals surface area contributed by atoms with Crippen molar-refractivity contribution in [2.75, 3.05) is 20.6 Å². The van der Waals surface area contributed by atoms with Crippen molar-refractivity contribution in [1.82, 2.24) is 25.1 Å². The third-order valence-electron chi connectivity index (χ3n) is 5.74. The zero-order valence-electron chi connectivity index (χ0n) is 17.0. The van der Waals surface area contributed by atoms with Crippen LogP contribution < -0.4 is 10.6 Å². The number of rotatable bonds is 6. The Balaban J connectivity index is 1.88. The van der Waals surface area contributed by atoms with Gasteiger partial charge in [0.15, 0.2) is 5.69 Å². The van der Waals surface area contributed by atoms with E-state index >= 15 is 0 Å². The number of hydrogen-bond acceptors (Lipinski definition) is 4. The van der Waals surface area contributed by atoms with Gasteiger partial charge >= 0.3 is 0 Å². The average Bonchev–Trinajstić information content (AvgIpc) is 3.27. The molecule has 1 atom stereocenters. The predicted octanol–water partition coefficient (Wildman–Crippen LogP) is 1.88. The molecule has 27 heavy (non-hydrogen) atoms. The summed E-state index contributed by atoms with van der Waals surface area (Å²) in [5, 5.41) is 5.60. The van der Waals surface area contributed by atoms with Gasteiger partial charge in [-0.25, -0.2) is 4.98 Å². The highest BCUT2D eigenvalue weighted by molar-refractivity contribution is 5.97. The molecule has 150 valence electrons. The Bertz CT molecular complexity index is 691. The van der Waals surface area contributed by atoms with E-state index in [1.54, 1.807) is 7.05 Å². The lowest BCUT2D eigenvalue weighted by Gasteiger charge is -2.27. The molecule has 1 aromatic rings. The fourth-order valence-corrected chi connectivity index (χ4v) is 4.30. The number of amides is 2. The van der Waals surface area contributed by atoms with E-state index < -0.39 is 6.04 Å². The molecule has 2 aliphatic rings. The second-order valence-corrected chi connectivity index (χ2v) is 8.41. The van der Waals surface area contributed by atoms with Crippen molar-refractivity contribution in [3.8, 4) is 0 Å². The topological polar surface area (TPSA) is 79.3 Å². The maximum absolute atomic E-state index is 13.1. The molecule has 0 bridgehead atoms. The van der Waals surface area contributed by atoms with E-state index in [0.29, 0.717) is 24.0 Å². The highest BCUT2D eigenvalue weighted by Crippen LogP contribution is 2.35. The van der Waals surface area contributed by atoms with Crippen LogP contribution >= 0.6 is 0 Å². The smallest absolute Gasteiger partial charge is 0.272 e. The van der Waals surface area contributed by atoms with Gasteiger partial charge in [0.1, 0.15) is 11.9 Å². The number of likely N-dealkylation sites (N-methyl/N-ethyl adjacent to an activating group) is 2. The fraction of sp³-hybridized carbons (Fsp3) is 0.750. The molecule has 1 fully saturated rings. The van der Waals surface area contributed by atoms with E-state index in [1.807, 2.05) is 13.8 Å². The van der Waals surface area contributed by atoms with Crippen molar-refractivity contribution >= 4 is 11.8 Å². The van der Waals surface area contributed by atoms with Crippen LogP contribution in [0.1, 0.15) is 73.9 Å². The van der Waals surface area contributed by atoms with Crippen LogP contribution in [-0.2, 0) is 17.9 Å². The minimum atomic E-state index is -0.531. The highest BCUT2D eigenvalue weighted by atomic mass is 16.2. The van der Waals surface area contributed by atoms with Crippen LogP contribution in [0.5, 0.6) is 0 Å². The quantitative estimate of drug-likeness (QED) is 0.796. The van der Waals surface area contributed by atoms with Crippen molar-refractivity contribution in [1.29, 1.82) is 0 Å². The van der Waals surface area contributed by atoms with E-state index in [9.17, 15) is 9.59 Å². The Hall–Kier alpha value is -1.89. The second-order valence-electron chi connectivity index (χ2n) is 8.41. The van der Waals surface area contributed by atoms with Crippen LogP contribution in [0.25, 0.3) is 0 Å². The Kier molecular flexibility index (Phi) is 6.19. The van der Waals surface area contributed by atoms with Crippen LogP contribution in [0.3, 0.4) is 0 Å². The molecule has 1 aliphatic heterocycles. The van der Waals surface area contributed by atoms with Gasteiger partial charge < -0.3 is 15.2 Å². The maximum Gasteiger partial charge on any atom is 0.272 e. The van der Waals surface area contributed by atoms with Gasteiger partial charge in [-0.2, -0.15) is 0 Å². The Labute approximate surface area is 161 Å². The third-order valence-corrected chi connectivity index (χ3v) is 5.74. The molecule has 0 radical (unpaired) electrons. The molecule has 2 amide bonds. The molecule has 1 unspecified atom stereocenters. The first-order valence-electron chi connectivity index (χ1n) is 10.2. The summed E-state index contributed by atoms with van der Waals surface area (Å²) < 4.78 is 2.27. The van der Waals surface area contributed by atoms with Gasteiger partial charge in [-0.15, -0.1) is 0 Å². The van der Waals surface area contributed by atoms with E-state index in [4.69, 9.17) is 4.98 Å². The SMILES string of the molecule is CNC(=O)C(CC(C)C)NC(=O)c1nc(C2CCCC2)n2c1CN(C)CC2. The molecular formula is C20H33N5O2. The van der Waals surface area contributed by atoms with Crippen LogP contribution in [0, 0.1) is 5.92 Å². The summed E-state index contributed by atoms with van der Waals surface area (Å²) in [4.78, 5) is 32.3. The van der Waals surface area contributed by atoms with E-state index in [2.05, 4.69) is 27.1 Å². The molecule has 1 aliphatic carbocycles. The molecule has 1 aromatic heterocycles. The van der Waals surface area contributed by atoms with Crippen molar-refractivity contribution in [2.24, 2.45) is 5.92 Å². The number of nitrogens with zero attached hydrogens (tertiary/aromatic N) is 3. The highest BCUT2D eigenvalue weighted by Gasteiger charge is 2.32. The summed E-state index contributed by atoms with van der Waals surface area (Å²) in [5.74, 6) is 1.45.